The van der Waals surface area contributed by atoms with Gasteiger partial charge in [-0.1, -0.05) is 53.7 Å². The van der Waals surface area contributed by atoms with Gasteiger partial charge in [0, 0.05) is 21.8 Å². The van der Waals surface area contributed by atoms with Gasteiger partial charge in [-0.05, 0) is 41.3 Å². The van der Waals surface area contributed by atoms with Gasteiger partial charge >= 0.3 is 0 Å². The number of carbonyl (C=O) groups is 1. The van der Waals surface area contributed by atoms with E-state index < -0.39 is 0 Å². The Labute approximate surface area is 202 Å². The number of para-hydroxylation sites is 1. The van der Waals surface area contributed by atoms with Crippen molar-refractivity contribution in [1.29, 1.82) is 0 Å². The third-order valence-corrected chi connectivity index (χ3v) is 7.17. The SMILES string of the molecule is O=C(CSc1nc2c(oc3ccccc32)c(=O)n1Cc1cccs1)NCc1ccc(Cl)cc1. The zero-order chi connectivity index (χ0) is 22.8. The number of aromatic nitrogens is 2. The van der Waals surface area contributed by atoms with Crippen molar-refractivity contribution in [2.24, 2.45) is 0 Å². The predicted octanol–water partition coefficient (Wildman–Crippen LogP) is 5.31. The van der Waals surface area contributed by atoms with Crippen LogP contribution in [-0.4, -0.2) is 21.2 Å². The molecular formula is C24H18ClN3O3S2. The van der Waals surface area contributed by atoms with Crippen molar-refractivity contribution < 1.29 is 9.21 Å². The number of hydrogen-bond acceptors (Lipinski definition) is 6. The van der Waals surface area contributed by atoms with Crippen LogP contribution in [0.25, 0.3) is 22.1 Å². The number of halogens is 1. The lowest BCUT2D eigenvalue weighted by Gasteiger charge is -2.11. The molecule has 0 saturated heterocycles. The molecule has 3 aromatic heterocycles. The second-order valence-corrected chi connectivity index (χ2v) is 9.74. The lowest BCUT2D eigenvalue weighted by atomic mass is 10.2. The molecule has 2 aromatic carbocycles. The van der Waals surface area contributed by atoms with Crippen LogP contribution in [0, 0.1) is 0 Å². The number of nitrogens with one attached hydrogen (secondary N) is 1. The number of furan rings is 1. The molecule has 0 saturated carbocycles. The van der Waals surface area contributed by atoms with Crippen molar-refractivity contribution in [1.82, 2.24) is 14.9 Å². The fourth-order valence-corrected chi connectivity index (χ4v) is 5.09. The summed E-state index contributed by atoms with van der Waals surface area (Å²) in [5.41, 5.74) is 2.06. The summed E-state index contributed by atoms with van der Waals surface area (Å²) in [5, 5.41) is 6.77. The van der Waals surface area contributed by atoms with E-state index in [1.54, 1.807) is 28.0 Å². The number of nitrogens with zero attached hydrogens (tertiary/aromatic N) is 2. The summed E-state index contributed by atoms with van der Waals surface area (Å²) >= 11 is 8.71. The molecule has 6 nitrogen and oxygen atoms in total. The lowest BCUT2D eigenvalue weighted by Crippen LogP contribution is -2.26. The summed E-state index contributed by atoms with van der Waals surface area (Å²) in [5.74, 6) is -0.0183. The fourth-order valence-electron chi connectivity index (χ4n) is 3.45. The summed E-state index contributed by atoms with van der Waals surface area (Å²) in [6.07, 6.45) is 0. The summed E-state index contributed by atoms with van der Waals surface area (Å²) in [6, 6.07) is 18.7. The van der Waals surface area contributed by atoms with Crippen LogP contribution in [0.15, 0.2) is 80.4 Å². The molecule has 0 atom stereocenters. The average Bonchev–Trinajstić information content (AvgIpc) is 3.47. The molecule has 9 heteroatoms. The van der Waals surface area contributed by atoms with Crippen molar-refractivity contribution in [2.45, 2.75) is 18.2 Å². The van der Waals surface area contributed by atoms with Crippen molar-refractivity contribution in [2.75, 3.05) is 5.75 Å². The second-order valence-electron chi connectivity index (χ2n) is 7.33. The van der Waals surface area contributed by atoms with Gasteiger partial charge in [0.2, 0.25) is 11.5 Å². The van der Waals surface area contributed by atoms with Crippen LogP contribution in [-0.2, 0) is 17.9 Å². The zero-order valence-corrected chi connectivity index (χ0v) is 19.7. The van der Waals surface area contributed by atoms with Gasteiger partial charge in [0.25, 0.3) is 5.56 Å². The average molecular weight is 496 g/mol. The first-order valence-electron chi connectivity index (χ1n) is 10.2. The molecule has 3 heterocycles. The maximum atomic E-state index is 13.3. The van der Waals surface area contributed by atoms with Crippen molar-refractivity contribution >= 4 is 62.7 Å². The second kappa shape index (κ2) is 9.43. The molecule has 0 radical (unpaired) electrons. The van der Waals surface area contributed by atoms with Crippen molar-refractivity contribution in [3.63, 3.8) is 0 Å². The molecule has 33 heavy (non-hydrogen) atoms. The molecule has 5 rings (SSSR count). The van der Waals surface area contributed by atoms with E-state index in [0.717, 1.165) is 15.8 Å². The Morgan fingerprint density at radius 3 is 2.73 bits per heavy atom. The van der Waals surface area contributed by atoms with Gasteiger partial charge in [-0.3, -0.25) is 14.2 Å². The first kappa shape index (κ1) is 21.8. The topological polar surface area (TPSA) is 77.1 Å². The molecule has 0 fully saturated rings. The van der Waals surface area contributed by atoms with E-state index in [4.69, 9.17) is 21.0 Å². The van der Waals surface area contributed by atoms with Crippen LogP contribution in [0.4, 0.5) is 0 Å². The molecule has 1 N–H and O–H groups in total. The maximum Gasteiger partial charge on any atom is 0.298 e. The van der Waals surface area contributed by atoms with Crippen LogP contribution >= 0.6 is 34.7 Å². The molecule has 0 aliphatic rings. The number of carbonyl (C=O) groups excluding carboxylic acids is 1. The van der Waals surface area contributed by atoms with Gasteiger partial charge in [-0.15, -0.1) is 11.3 Å². The van der Waals surface area contributed by atoms with E-state index >= 15 is 0 Å². The highest BCUT2D eigenvalue weighted by atomic mass is 35.5. The van der Waals surface area contributed by atoms with Gasteiger partial charge in [0.05, 0.1) is 12.3 Å². The maximum absolute atomic E-state index is 13.3. The van der Waals surface area contributed by atoms with Gasteiger partial charge in [0.15, 0.2) is 5.16 Å². The monoisotopic (exact) mass is 495 g/mol. The van der Waals surface area contributed by atoms with Crippen LogP contribution in [0.1, 0.15) is 10.4 Å². The third-order valence-electron chi connectivity index (χ3n) is 5.08. The first-order chi connectivity index (χ1) is 16.1. The summed E-state index contributed by atoms with van der Waals surface area (Å²) in [4.78, 5) is 31.6. The number of hydrogen-bond donors (Lipinski definition) is 1. The van der Waals surface area contributed by atoms with E-state index in [9.17, 15) is 9.59 Å². The Bertz CT molecular complexity index is 1490. The van der Waals surface area contributed by atoms with E-state index in [1.165, 1.54) is 11.8 Å². The van der Waals surface area contributed by atoms with Crippen LogP contribution < -0.4 is 10.9 Å². The number of amides is 1. The Balaban J connectivity index is 1.42. The Morgan fingerprint density at radius 2 is 1.94 bits per heavy atom. The largest absolute Gasteiger partial charge is 0.448 e. The predicted molar refractivity (Wildman–Crippen MR) is 133 cm³/mol. The Hall–Kier alpha value is -3.07. The van der Waals surface area contributed by atoms with Crippen molar-refractivity contribution in [3.05, 3.63) is 91.9 Å². The number of fused-ring (bicyclic) bond motifs is 3. The summed E-state index contributed by atoms with van der Waals surface area (Å²) < 4.78 is 7.41. The third kappa shape index (κ3) is 4.68. The minimum atomic E-state index is -0.256. The summed E-state index contributed by atoms with van der Waals surface area (Å²) in [7, 11) is 0. The quantitative estimate of drug-likeness (QED) is 0.244. The zero-order valence-electron chi connectivity index (χ0n) is 17.3. The van der Waals surface area contributed by atoms with E-state index in [-0.39, 0.29) is 22.8 Å². The van der Waals surface area contributed by atoms with Gasteiger partial charge in [0.1, 0.15) is 11.1 Å². The Kier molecular flexibility index (Phi) is 6.22. The highest BCUT2D eigenvalue weighted by Gasteiger charge is 2.19. The molecule has 0 spiro atoms. The number of thioether (sulfide) groups is 1. The molecule has 0 aliphatic carbocycles. The van der Waals surface area contributed by atoms with E-state index in [0.29, 0.717) is 34.4 Å². The van der Waals surface area contributed by atoms with Crippen LogP contribution in [0.5, 0.6) is 0 Å². The normalized spacial score (nSPS) is 11.3. The molecular weight excluding hydrogens is 478 g/mol. The molecule has 5 aromatic rings. The van der Waals surface area contributed by atoms with Crippen LogP contribution in [0.2, 0.25) is 5.02 Å². The summed E-state index contributed by atoms with van der Waals surface area (Å²) in [6.45, 7) is 0.766. The van der Waals surface area contributed by atoms with Gasteiger partial charge < -0.3 is 9.73 Å². The Morgan fingerprint density at radius 1 is 1.12 bits per heavy atom. The standard InChI is InChI=1S/C24H18ClN3O3S2/c25-16-9-7-15(8-10-16)12-26-20(29)14-33-24-27-21-18-5-1-2-6-19(18)31-22(21)23(30)28(24)13-17-4-3-11-32-17/h1-11H,12-14H2,(H,26,29). The molecule has 0 aliphatic heterocycles. The van der Waals surface area contributed by atoms with E-state index in [1.807, 2.05) is 53.9 Å². The minimum Gasteiger partial charge on any atom is -0.448 e. The minimum absolute atomic E-state index is 0.131. The highest BCUT2D eigenvalue weighted by Crippen LogP contribution is 2.27. The lowest BCUT2D eigenvalue weighted by molar-refractivity contribution is -0.118. The molecule has 1 amide bonds. The van der Waals surface area contributed by atoms with Gasteiger partial charge in [-0.2, -0.15) is 0 Å². The van der Waals surface area contributed by atoms with Gasteiger partial charge in [-0.25, -0.2) is 4.98 Å². The smallest absolute Gasteiger partial charge is 0.298 e. The fraction of sp³-hybridized carbons (Fsp3) is 0.125. The van der Waals surface area contributed by atoms with Crippen molar-refractivity contribution in [3.8, 4) is 0 Å². The van der Waals surface area contributed by atoms with Crippen LogP contribution in [0.3, 0.4) is 0 Å². The molecule has 0 bridgehead atoms. The highest BCUT2D eigenvalue weighted by molar-refractivity contribution is 7.99. The molecule has 166 valence electrons. The molecule has 0 unspecified atom stereocenters. The number of thiophene rings is 1. The number of benzene rings is 2. The van der Waals surface area contributed by atoms with E-state index in [2.05, 4.69) is 5.32 Å². The number of rotatable bonds is 7. The first-order valence-corrected chi connectivity index (χ1v) is 12.4.